The average molecular weight is 313 g/mol. The minimum absolute atomic E-state index is 0.0887. The number of alkyl halides is 1. The van der Waals surface area contributed by atoms with Crippen molar-refractivity contribution in [1.82, 2.24) is 9.78 Å². The van der Waals surface area contributed by atoms with Gasteiger partial charge in [-0.2, -0.15) is 5.10 Å². The van der Waals surface area contributed by atoms with Gasteiger partial charge in [-0.15, -0.1) is 0 Å². The van der Waals surface area contributed by atoms with Crippen LogP contribution in [0, 0.1) is 5.82 Å². The molecule has 0 atom stereocenters. The zero-order valence-corrected chi connectivity index (χ0v) is 11.8. The Balaban J connectivity index is 2.37. The summed E-state index contributed by atoms with van der Waals surface area (Å²) in [4.78, 5) is 0. The van der Waals surface area contributed by atoms with Crippen molar-refractivity contribution in [3.05, 3.63) is 42.0 Å². The molecule has 0 fully saturated rings. The van der Waals surface area contributed by atoms with E-state index in [1.54, 1.807) is 23.1 Å². The van der Waals surface area contributed by atoms with Gasteiger partial charge in [-0.25, -0.2) is 9.07 Å². The second-order valence-electron chi connectivity index (χ2n) is 4.16. The van der Waals surface area contributed by atoms with E-state index in [0.717, 1.165) is 0 Å². The van der Waals surface area contributed by atoms with Crippen LogP contribution in [0.1, 0.15) is 19.4 Å². The molecular weight excluding hydrogens is 299 g/mol. The first-order chi connectivity index (χ1) is 8.61. The lowest BCUT2D eigenvalue weighted by molar-refractivity contribution is 0.242. The fourth-order valence-electron chi connectivity index (χ4n) is 1.67. The monoisotopic (exact) mass is 312 g/mol. The van der Waals surface area contributed by atoms with Gasteiger partial charge in [0.2, 0.25) is 0 Å². The second kappa shape index (κ2) is 5.52. The van der Waals surface area contributed by atoms with Gasteiger partial charge in [-0.05, 0) is 26.0 Å². The lowest BCUT2D eigenvalue weighted by Gasteiger charge is -2.08. The highest BCUT2D eigenvalue weighted by molar-refractivity contribution is 9.08. The summed E-state index contributed by atoms with van der Waals surface area (Å²) in [6.07, 6.45) is 3.47. The molecule has 2 rings (SSSR count). The van der Waals surface area contributed by atoms with Crippen LogP contribution >= 0.6 is 15.9 Å². The first-order valence-electron chi connectivity index (χ1n) is 5.67. The quantitative estimate of drug-likeness (QED) is 0.805. The Kier molecular flexibility index (Phi) is 4.01. The minimum atomic E-state index is -0.244. The molecule has 1 aromatic carbocycles. The van der Waals surface area contributed by atoms with E-state index in [0.29, 0.717) is 22.3 Å². The maximum absolute atomic E-state index is 13.7. The minimum Gasteiger partial charge on any atom is -0.488 e. The Morgan fingerprint density at radius 1 is 1.44 bits per heavy atom. The second-order valence-corrected chi connectivity index (χ2v) is 4.72. The fraction of sp³-hybridized carbons (Fsp3) is 0.308. The van der Waals surface area contributed by atoms with Crippen molar-refractivity contribution < 1.29 is 9.13 Å². The first kappa shape index (κ1) is 13.1. The average Bonchev–Trinajstić information content (AvgIpc) is 2.76. The molecule has 0 aliphatic carbocycles. The number of benzene rings is 1. The Hall–Kier alpha value is -1.36. The molecule has 18 heavy (non-hydrogen) atoms. The summed E-state index contributed by atoms with van der Waals surface area (Å²) in [7, 11) is 0. The van der Waals surface area contributed by atoms with E-state index < -0.39 is 0 Å². The van der Waals surface area contributed by atoms with Crippen LogP contribution in [0.25, 0.3) is 5.69 Å². The number of ether oxygens (including phenoxy) is 1. The summed E-state index contributed by atoms with van der Waals surface area (Å²) in [5.41, 5.74) is 1.29. The maximum atomic E-state index is 13.7. The zero-order chi connectivity index (χ0) is 13.1. The van der Waals surface area contributed by atoms with E-state index >= 15 is 0 Å². The summed E-state index contributed by atoms with van der Waals surface area (Å²) in [6.45, 7) is 3.90. The van der Waals surface area contributed by atoms with Crippen molar-refractivity contribution in [2.75, 3.05) is 0 Å². The van der Waals surface area contributed by atoms with Gasteiger partial charge in [0, 0.05) is 10.9 Å². The summed E-state index contributed by atoms with van der Waals surface area (Å²) in [5, 5.41) is 4.63. The molecule has 0 saturated heterocycles. The molecule has 0 amide bonds. The van der Waals surface area contributed by atoms with Crippen LogP contribution in [0.3, 0.4) is 0 Å². The number of hydrogen-bond acceptors (Lipinski definition) is 2. The summed E-state index contributed by atoms with van der Waals surface area (Å²) < 4.78 is 20.8. The van der Waals surface area contributed by atoms with Gasteiger partial charge >= 0.3 is 0 Å². The van der Waals surface area contributed by atoms with E-state index in [1.165, 1.54) is 6.07 Å². The first-order valence-corrected chi connectivity index (χ1v) is 6.79. The van der Waals surface area contributed by atoms with Crippen LogP contribution in [0.4, 0.5) is 4.39 Å². The molecule has 0 unspecified atom stereocenters. The third-order valence-electron chi connectivity index (χ3n) is 2.41. The third-order valence-corrected chi connectivity index (χ3v) is 2.97. The lowest BCUT2D eigenvalue weighted by atomic mass is 10.2. The predicted octanol–water partition coefficient (Wildman–Crippen LogP) is 3.69. The van der Waals surface area contributed by atoms with Gasteiger partial charge in [0.15, 0.2) is 5.75 Å². The molecule has 1 aromatic heterocycles. The highest BCUT2D eigenvalue weighted by Gasteiger charge is 2.10. The van der Waals surface area contributed by atoms with E-state index in [9.17, 15) is 4.39 Å². The van der Waals surface area contributed by atoms with Crippen LogP contribution < -0.4 is 4.74 Å². The van der Waals surface area contributed by atoms with Gasteiger partial charge < -0.3 is 4.74 Å². The normalized spacial score (nSPS) is 10.9. The largest absolute Gasteiger partial charge is 0.488 e. The predicted molar refractivity (Wildman–Crippen MR) is 71.9 cm³/mol. The van der Waals surface area contributed by atoms with Crippen LogP contribution in [0.2, 0.25) is 0 Å². The van der Waals surface area contributed by atoms with Gasteiger partial charge in [0.05, 0.1) is 24.2 Å². The SMILES string of the molecule is CC(C)Oc1cnn(-c2cccc(F)c2CBr)c1. The Labute approximate surface area is 114 Å². The number of rotatable bonds is 4. The molecule has 0 bridgehead atoms. The third kappa shape index (κ3) is 2.72. The van der Waals surface area contributed by atoms with Crippen molar-refractivity contribution in [2.45, 2.75) is 25.3 Å². The van der Waals surface area contributed by atoms with Crippen LogP contribution in [0.15, 0.2) is 30.6 Å². The molecule has 2 aromatic rings. The number of hydrogen-bond donors (Lipinski definition) is 0. The summed E-state index contributed by atoms with van der Waals surface area (Å²) >= 11 is 3.29. The van der Waals surface area contributed by atoms with Crippen molar-refractivity contribution >= 4 is 15.9 Å². The standard InChI is InChI=1S/C13H14BrFN2O/c1-9(2)18-10-7-16-17(8-10)13-5-3-4-12(15)11(13)6-14/h3-5,7-9H,6H2,1-2H3. The summed E-state index contributed by atoms with van der Waals surface area (Å²) in [5.74, 6) is 0.431. The fourth-order valence-corrected chi connectivity index (χ4v) is 2.22. The van der Waals surface area contributed by atoms with Crippen LogP contribution in [-0.4, -0.2) is 15.9 Å². The molecular formula is C13H14BrFN2O. The van der Waals surface area contributed by atoms with E-state index in [-0.39, 0.29) is 11.9 Å². The molecule has 96 valence electrons. The topological polar surface area (TPSA) is 27.1 Å². The number of aromatic nitrogens is 2. The zero-order valence-electron chi connectivity index (χ0n) is 10.2. The molecule has 0 aliphatic rings. The molecule has 0 saturated carbocycles. The van der Waals surface area contributed by atoms with Gasteiger partial charge in [-0.3, -0.25) is 0 Å². The maximum Gasteiger partial charge on any atom is 0.158 e. The number of nitrogens with zero attached hydrogens (tertiary/aromatic N) is 2. The Morgan fingerprint density at radius 2 is 2.22 bits per heavy atom. The van der Waals surface area contributed by atoms with Crippen molar-refractivity contribution in [3.8, 4) is 11.4 Å². The van der Waals surface area contributed by atoms with Crippen LogP contribution in [0.5, 0.6) is 5.75 Å². The van der Waals surface area contributed by atoms with E-state index in [2.05, 4.69) is 21.0 Å². The molecule has 0 radical (unpaired) electrons. The smallest absolute Gasteiger partial charge is 0.158 e. The van der Waals surface area contributed by atoms with Gasteiger partial charge in [-0.1, -0.05) is 22.0 Å². The molecule has 5 heteroatoms. The highest BCUT2D eigenvalue weighted by atomic mass is 79.9. The highest BCUT2D eigenvalue weighted by Crippen LogP contribution is 2.22. The molecule has 0 aliphatic heterocycles. The summed E-state index contributed by atoms with van der Waals surface area (Å²) in [6, 6.07) is 4.93. The van der Waals surface area contributed by atoms with E-state index in [1.807, 2.05) is 19.9 Å². The van der Waals surface area contributed by atoms with Crippen molar-refractivity contribution in [1.29, 1.82) is 0 Å². The van der Waals surface area contributed by atoms with Crippen molar-refractivity contribution in [2.24, 2.45) is 0 Å². The molecule has 3 nitrogen and oxygen atoms in total. The molecule has 1 heterocycles. The van der Waals surface area contributed by atoms with Gasteiger partial charge in [0.25, 0.3) is 0 Å². The molecule has 0 N–H and O–H groups in total. The lowest BCUT2D eigenvalue weighted by Crippen LogP contribution is -2.05. The number of halogens is 2. The Bertz CT molecular complexity index is 540. The van der Waals surface area contributed by atoms with Crippen molar-refractivity contribution in [3.63, 3.8) is 0 Å². The van der Waals surface area contributed by atoms with E-state index in [4.69, 9.17) is 4.74 Å². The Morgan fingerprint density at radius 3 is 2.89 bits per heavy atom. The van der Waals surface area contributed by atoms with Crippen LogP contribution in [-0.2, 0) is 5.33 Å². The van der Waals surface area contributed by atoms with Gasteiger partial charge in [0.1, 0.15) is 5.82 Å². The molecule has 0 spiro atoms.